The Balaban J connectivity index is 1.55. The number of carbonyl (C=O) groups is 2. The molecule has 1 aliphatic rings. The van der Waals surface area contributed by atoms with E-state index in [0.29, 0.717) is 45.9 Å². The van der Waals surface area contributed by atoms with E-state index in [2.05, 4.69) is 5.32 Å². The molecule has 3 aromatic rings. The van der Waals surface area contributed by atoms with Crippen molar-refractivity contribution in [2.45, 2.75) is 46.1 Å². The number of rotatable bonds is 10. The van der Waals surface area contributed by atoms with E-state index in [1.54, 1.807) is 37.3 Å². The lowest BCUT2D eigenvalue weighted by Crippen LogP contribution is -2.16. The van der Waals surface area contributed by atoms with Crippen LogP contribution in [0.2, 0.25) is 5.02 Å². The zero-order chi connectivity index (χ0) is 27.8. The lowest BCUT2D eigenvalue weighted by atomic mass is 9.95. The number of hydrogen-bond donors (Lipinski definition) is 1. The van der Waals surface area contributed by atoms with E-state index in [-0.39, 0.29) is 12.2 Å². The molecule has 9 heteroatoms. The lowest BCUT2D eigenvalue weighted by molar-refractivity contribution is -0.112. The van der Waals surface area contributed by atoms with Crippen LogP contribution in [0.15, 0.2) is 48.0 Å². The molecule has 0 bridgehead atoms. The number of nitrogens with zero attached hydrogens (tertiary/aromatic N) is 1. The summed E-state index contributed by atoms with van der Waals surface area (Å²) in [5, 5.41) is 13.7. The predicted molar refractivity (Wildman–Crippen MR) is 153 cm³/mol. The molecule has 0 aliphatic heterocycles. The summed E-state index contributed by atoms with van der Waals surface area (Å²) in [4.78, 5) is 26.9. The molecular weight excluding hydrogens is 536 g/mol. The number of halogens is 1. The van der Waals surface area contributed by atoms with Gasteiger partial charge in [-0.3, -0.25) is 4.79 Å². The van der Waals surface area contributed by atoms with Gasteiger partial charge < -0.3 is 19.5 Å². The highest BCUT2D eigenvalue weighted by atomic mass is 35.5. The average molecular weight is 565 g/mol. The van der Waals surface area contributed by atoms with Crippen molar-refractivity contribution in [1.29, 1.82) is 5.26 Å². The molecule has 0 radical (unpaired) electrons. The Bertz CT molecular complexity index is 1420. The highest BCUT2D eigenvalue weighted by Crippen LogP contribution is 2.39. The molecule has 202 valence electrons. The minimum atomic E-state index is -0.595. The predicted octanol–water partition coefficient (Wildman–Crippen LogP) is 6.98. The molecule has 1 heterocycles. The third kappa shape index (κ3) is 6.99. The quantitative estimate of drug-likeness (QED) is 0.162. The molecule has 0 unspecified atom stereocenters. The number of anilines is 1. The number of esters is 1. The molecule has 0 saturated heterocycles. The number of thiophene rings is 1. The fourth-order valence-electron chi connectivity index (χ4n) is 4.30. The summed E-state index contributed by atoms with van der Waals surface area (Å²) in [6, 6.07) is 14.6. The van der Waals surface area contributed by atoms with Gasteiger partial charge in [0.1, 0.15) is 23.3 Å². The van der Waals surface area contributed by atoms with Crippen molar-refractivity contribution >= 4 is 45.9 Å². The number of carbonyl (C=O) groups excluding carboxylic acids is 2. The van der Waals surface area contributed by atoms with Crippen molar-refractivity contribution in [2.75, 3.05) is 18.5 Å². The largest absolute Gasteiger partial charge is 0.490 e. The molecular formula is C30H29ClN2O5S. The van der Waals surface area contributed by atoms with Crippen molar-refractivity contribution in [1.82, 2.24) is 0 Å². The molecule has 2 aromatic carbocycles. The molecule has 0 spiro atoms. The van der Waals surface area contributed by atoms with Crippen LogP contribution in [0.3, 0.4) is 0 Å². The van der Waals surface area contributed by atoms with Crippen molar-refractivity contribution in [3.63, 3.8) is 0 Å². The van der Waals surface area contributed by atoms with Crippen molar-refractivity contribution in [3.05, 3.63) is 80.2 Å². The van der Waals surface area contributed by atoms with Gasteiger partial charge in [0.2, 0.25) is 0 Å². The zero-order valence-corrected chi connectivity index (χ0v) is 23.4. The Kier molecular flexibility index (Phi) is 9.64. The third-order valence-corrected chi connectivity index (χ3v) is 7.59. The van der Waals surface area contributed by atoms with Gasteiger partial charge >= 0.3 is 5.97 Å². The van der Waals surface area contributed by atoms with Gasteiger partial charge in [-0.15, -0.1) is 11.3 Å². The summed E-state index contributed by atoms with van der Waals surface area (Å²) in [5.74, 6) is -0.0171. The highest BCUT2D eigenvalue weighted by Gasteiger charge is 2.27. The Hall–Kier alpha value is -3.80. The van der Waals surface area contributed by atoms with E-state index in [1.165, 1.54) is 17.4 Å². The number of amides is 1. The second-order valence-corrected chi connectivity index (χ2v) is 10.4. The van der Waals surface area contributed by atoms with Gasteiger partial charge in [0.05, 0.1) is 18.8 Å². The number of ether oxygens (including phenoxy) is 3. The fourth-order valence-corrected chi connectivity index (χ4v) is 5.70. The molecule has 0 saturated carbocycles. The Labute approximate surface area is 237 Å². The number of nitrogens with one attached hydrogen (secondary N) is 1. The first-order valence-electron chi connectivity index (χ1n) is 12.8. The van der Waals surface area contributed by atoms with Crippen LogP contribution in [0, 0.1) is 11.3 Å². The summed E-state index contributed by atoms with van der Waals surface area (Å²) in [6.45, 7) is 4.58. The zero-order valence-electron chi connectivity index (χ0n) is 21.8. The second-order valence-electron chi connectivity index (χ2n) is 8.81. The maximum absolute atomic E-state index is 13.1. The average Bonchev–Trinajstić information content (AvgIpc) is 3.30. The van der Waals surface area contributed by atoms with Gasteiger partial charge in [0.25, 0.3) is 5.91 Å². The van der Waals surface area contributed by atoms with Crippen LogP contribution in [0.4, 0.5) is 5.00 Å². The molecule has 7 nitrogen and oxygen atoms in total. The lowest BCUT2D eigenvalue weighted by Gasteiger charge is -2.13. The molecule has 0 atom stereocenters. The van der Waals surface area contributed by atoms with Crippen LogP contribution in [-0.4, -0.2) is 25.1 Å². The summed E-state index contributed by atoms with van der Waals surface area (Å²) in [5.41, 5.74) is 2.79. The number of benzene rings is 2. The van der Waals surface area contributed by atoms with Gasteiger partial charge in [-0.2, -0.15) is 5.26 Å². The standard InChI is InChI=1S/C30H29ClN2O5S/c1-3-36-25-16-20(11-14-24(25)38-18-19-9-12-22(31)13-10-19)15-21(17-32)28(34)33-29-27(30(35)37-4-2)23-7-5-6-8-26(23)39-29/h9-16H,3-8,18H2,1-2H3,(H,33,34)/b21-15+. The van der Waals surface area contributed by atoms with E-state index >= 15 is 0 Å². The van der Waals surface area contributed by atoms with Crippen LogP contribution in [0.25, 0.3) is 6.08 Å². The number of hydrogen-bond acceptors (Lipinski definition) is 7. The van der Waals surface area contributed by atoms with Crippen molar-refractivity contribution < 1.29 is 23.8 Å². The number of nitriles is 1. The summed E-state index contributed by atoms with van der Waals surface area (Å²) >= 11 is 7.33. The minimum absolute atomic E-state index is 0.103. The van der Waals surface area contributed by atoms with E-state index in [9.17, 15) is 14.9 Å². The number of fused-ring (bicyclic) bond motifs is 1. The monoisotopic (exact) mass is 564 g/mol. The Morgan fingerprint density at radius 1 is 1.05 bits per heavy atom. The first-order valence-corrected chi connectivity index (χ1v) is 14.0. The van der Waals surface area contributed by atoms with Gasteiger partial charge in [0, 0.05) is 9.90 Å². The summed E-state index contributed by atoms with van der Waals surface area (Å²) in [6.07, 6.45) is 5.13. The molecule has 39 heavy (non-hydrogen) atoms. The first kappa shape index (κ1) is 28.2. The maximum Gasteiger partial charge on any atom is 0.341 e. The van der Waals surface area contributed by atoms with Gasteiger partial charge in [-0.25, -0.2) is 4.79 Å². The normalized spacial score (nSPS) is 12.7. The first-order chi connectivity index (χ1) is 18.9. The van der Waals surface area contributed by atoms with Gasteiger partial charge in [-0.05, 0) is 86.6 Å². The molecule has 1 aromatic heterocycles. The van der Waals surface area contributed by atoms with E-state index in [0.717, 1.165) is 41.7 Å². The topological polar surface area (TPSA) is 97.7 Å². The summed E-state index contributed by atoms with van der Waals surface area (Å²) in [7, 11) is 0. The molecule has 0 fully saturated rings. The van der Waals surface area contributed by atoms with Crippen LogP contribution in [0.1, 0.15) is 58.6 Å². The fraction of sp³-hybridized carbons (Fsp3) is 0.300. The van der Waals surface area contributed by atoms with E-state index in [1.807, 2.05) is 25.1 Å². The maximum atomic E-state index is 13.1. The van der Waals surface area contributed by atoms with Crippen molar-refractivity contribution in [3.8, 4) is 17.6 Å². The van der Waals surface area contributed by atoms with Gasteiger partial charge in [-0.1, -0.05) is 29.8 Å². The number of aryl methyl sites for hydroxylation is 1. The van der Waals surface area contributed by atoms with Crippen molar-refractivity contribution in [2.24, 2.45) is 0 Å². The third-order valence-electron chi connectivity index (χ3n) is 6.13. The molecule has 1 amide bonds. The van der Waals surface area contributed by atoms with Crippen LogP contribution < -0.4 is 14.8 Å². The SMILES string of the molecule is CCOC(=O)c1c(NC(=O)/C(C#N)=C/c2ccc(OCc3ccc(Cl)cc3)c(OCC)c2)sc2c1CCCC2. The molecule has 1 aliphatic carbocycles. The second kappa shape index (κ2) is 13.3. The van der Waals surface area contributed by atoms with Gasteiger partial charge in [0.15, 0.2) is 11.5 Å². The molecule has 1 N–H and O–H groups in total. The Morgan fingerprint density at radius 2 is 1.82 bits per heavy atom. The minimum Gasteiger partial charge on any atom is -0.490 e. The van der Waals surface area contributed by atoms with E-state index < -0.39 is 11.9 Å². The smallest absolute Gasteiger partial charge is 0.341 e. The Morgan fingerprint density at radius 3 is 2.54 bits per heavy atom. The highest BCUT2D eigenvalue weighted by molar-refractivity contribution is 7.17. The van der Waals surface area contributed by atoms with Crippen LogP contribution >= 0.6 is 22.9 Å². The van der Waals surface area contributed by atoms with Crippen LogP contribution in [-0.2, 0) is 29.0 Å². The van der Waals surface area contributed by atoms with E-state index in [4.69, 9.17) is 25.8 Å². The molecule has 4 rings (SSSR count). The van der Waals surface area contributed by atoms with Crippen LogP contribution in [0.5, 0.6) is 11.5 Å². The summed E-state index contributed by atoms with van der Waals surface area (Å²) < 4.78 is 17.0.